The molecule has 0 saturated heterocycles. The fraction of sp³-hybridized carbons (Fsp3) is 0.579. The van der Waals surface area contributed by atoms with E-state index in [9.17, 15) is 9.90 Å². The molecular weight excluding hydrogens is 348 g/mol. The molecule has 144 valence electrons. The maximum absolute atomic E-state index is 12.0. The number of aromatic nitrogens is 4. The summed E-state index contributed by atoms with van der Waals surface area (Å²) < 4.78 is 12.9. The predicted molar refractivity (Wildman–Crippen MR) is 95.6 cm³/mol. The first-order valence-electron chi connectivity index (χ1n) is 9.35. The first-order valence-corrected chi connectivity index (χ1v) is 9.35. The van der Waals surface area contributed by atoms with E-state index in [2.05, 4.69) is 15.3 Å². The quantitative estimate of drug-likeness (QED) is 0.770. The van der Waals surface area contributed by atoms with Gasteiger partial charge in [0, 0.05) is 13.0 Å². The highest BCUT2D eigenvalue weighted by molar-refractivity contribution is 5.77. The molecule has 8 heteroatoms. The van der Waals surface area contributed by atoms with E-state index < -0.39 is 0 Å². The summed E-state index contributed by atoms with van der Waals surface area (Å²) in [5.74, 6) is 1.26. The Kier molecular flexibility index (Phi) is 4.59. The molecule has 2 aromatic heterocycles. The van der Waals surface area contributed by atoms with Crippen LogP contribution in [0.15, 0.2) is 12.1 Å². The average molecular weight is 372 g/mol. The Balaban J connectivity index is 1.49. The number of hydrogen-bond donors (Lipinski definition) is 1. The summed E-state index contributed by atoms with van der Waals surface area (Å²) in [6.45, 7) is 3.98. The van der Waals surface area contributed by atoms with E-state index in [1.54, 1.807) is 7.05 Å². The van der Waals surface area contributed by atoms with Crippen LogP contribution in [-0.4, -0.2) is 43.8 Å². The molecule has 2 aliphatic carbocycles. The third-order valence-electron chi connectivity index (χ3n) is 5.65. The van der Waals surface area contributed by atoms with Crippen LogP contribution in [0.4, 0.5) is 0 Å². The van der Waals surface area contributed by atoms with Gasteiger partial charge in [-0.25, -0.2) is 9.67 Å². The van der Waals surface area contributed by atoms with Crippen molar-refractivity contribution < 1.29 is 19.4 Å². The zero-order valence-corrected chi connectivity index (χ0v) is 15.8. The van der Waals surface area contributed by atoms with E-state index >= 15 is 0 Å². The molecule has 2 fully saturated rings. The topological polar surface area (TPSA) is 99.4 Å². The lowest BCUT2D eigenvalue weighted by Gasteiger charge is -2.18. The smallest absolute Gasteiger partial charge is 0.309 e. The molecule has 8 nitrogen and oxygen atoms in total. The normalized spacial score (nSPS) is 25.9. The minimum atomic E-state index is -0.155. The molecule has 0 aromatic carbocycles. The Morgan fingerprint density at radius 3 is 2.89 bits per heavy atom. The van der Waals surface area contributed by atoms with Gasteiger partial charge >= 0.3 is 5.97 Å². The highest BCUT2D eigenvalue weighted by Gasteiger charge is 2.63. The minimum absolute atomic E-state index is 0.0112. The maximum Gasteiger partial charge on any atom is 0.309 e. The number of aliphatic hydroxyl groups excluding tert-OH is 1. The van der Waals surface area contributed by atoms with Crippen molar-refractivity contribution in [2.24, 2.45) is 24.8 Å². The number of hydrogen-bond acceptors (Lipinski definition) is 7. The Hall–Kier alpha value is -2.48. The van der Waals surface area contributed by atoms with E-state index in [-0.39, 0.29) is 30.5 Å². The largest absolute Gasteiger partial charge is 0.488 e. The van der Waals surface area contributed by atoms with Gasteiger partial charge in [0.15, 0.2) is 0 Å². The lowest BCUT2D eigenvalue weighted by Crippen LogP contribution is -2.21. The van der Waals surface area contributed by atoms with Crippen LogP contribution < -0.4 is 4.74 Å². The van der Waals surface area contributed by atoms with Crippen LogP contribution in [0.3, 0.4) is 0 Å². The van der Waals surface area contributed by atoms with Crippen molar-refractivity contribution in [2.75, 3.05) is 6.61 Å². The molecule has 4 rings (SSSR count). The molecule has 2 aromatic rings. The number of carbonyl (C=O) groups excluding carboxylic acids is 1. The van der Waals surface area contributed by atoms with Gasteiger partial charge in [0.25, 0.3) is 0 Å². The molecule has 1 N–H and O–H groups in total. The van der Waals surface area contributed by atoms with Crippen molar-refractivity contribution in [2.45, 2.75) is 39.4 Å². The zero-order chi connectivity index (χ0) is 19.1. The van der Waals surface area contributed by atoms with E-state index in [0.717, 1.165) is 18.5 Å². The van der Waals surface area contributed by atoms with Crippen molar-refractivity contribution in [3.05, 3.63) is 23.5 Å². The fourth-order valence-electron chi connectivity index (χ4n) is 4.26. The van der Waals surface area contributed by atoms with Crippen LogP contribution >= 0.6 is 0 Å². The van der Waals surface area contributed by atoms with Crippen molar-refractivity contribution in [3.63, 3.8) is 0 Å². The van der Waals surface area contributed by atoms with Gasteiger partial charge in [0.1, 0.15) is 17.5 Å². The zero-order valence-electron chi connectivity index (χ0n) is 15.8. The lowest BCUT2D eigenvalue weighted by atomic mass is 10.1. The molecule has 0 aliphatic heterocycles. The van der Waals surface area contributed by atoms with Crippen molar-refractivity contribution in [3.8, 4) is 17.1 Å². The lowest BCUT2D eigenvalue weighted by molar-refractivity contribution is -0.146. The summed E-state index contributed by atoms with van der Waals surface area (Å²) in [4.78, 5) is 16.6. The van der Waals surface area contributed by atoms with Crippen LogP contribution in [-0.2, 0) is 23.2 Å². The first-order chi connectivity index (χ1) is 13.0. The minimum Gasteiger partial charge on any atom is -0.488 e. The van der Waals surface area contributed by atoms with Crippen LogP contribution in [0.1, 0.15) is 31.2 Å². The van der Waals surface area contributed by atoms with Gasteiger partial charge < -0.3 is 14.6 Å². The summed E-state index contributed by atoms with van der Waals surface area (Å²) in [5, 5.41) is 17.6. The van der Waals surface area contributed by atoms with Crippen molar-refractivity contribution >= 4 is 5.97 Å². The summed E-state index contributed by atoms with van der Waals surface area (Å²) in [7, 11) is 1.73. The Labute approximate surface area is 157 Å². The molecule has 0 amide bonds. The fourth-order valence-corrected chi connectivity index (χ4v) is 4.26. The van der Waals surface area contributed by atoms with Crippen molar-refractivity contribution in [1.29, 1.82) is 0 Å². The summed E-state index contributed by atoms with van der Waals surface area (Å²) in [6.07, 6.45) is 1.98. The molecule has 4 unspecified atom stereocenters. The van der Waals surface area contributed by atoms with Gasteiger partial charge in [0.2, 0.25) is 0 Å². The second-order valence-corrected chi connectivity index (χ2v) is 7.20. The number of rotatable bonds is 6. The van der Waals surface area contributed by atoms with E-state index in [1.807, 2.05) is 26.0 Å². The van der Waals surface area contributed by atoms with Crippen molar-refractivity contribution in [1.82, 2.24) is 20.0 Å². The first kappa shape index (κ1) is 17.9. The molecule has 4 atom stereocenters. The molecule has 0 bridgehead atoms. The number of pyridine rings is 1. The van der Waals surface area contributed by atoms with Gasteiger partial charge in [-0.05, 0) is 44.7 Å². The molecule has 0 spiro atoms. The van der Waals surface area contributed by atoms with Crippen LogP contribution in [0.5, 0.6) is 5.75 Å². The third kappa shape index (κ3) is 3.07. The number of aliphatic hydroxyl groups is 1. The molecular formula is C19H24N4O4. The van der Waals surface area contributed by atoms with Gasteiger partial charge in [-0.3, -0.25) is 4.79 Å². The SMILES string of the molecule is CCOC(=O)C1C2CCC(Oc3ccc(-c4nnn(C)c4CO)nc3C)C21. The number of aryl methyl sites for hydroxylation is 2. The van der Waals surface area contributed by atoms with Crippen LogP contribution in [0, 0.1) is 24.7 Å². The second-order valence-electron chi connectivity index (χ2n) is 7.20. The number of esters is 1. The Morgan fingerprint density at radius 2 is 2.19 bits per heavy atom. The van der Waals surface area contributed by atoms with Gasteiger partial charge in [-0.1, -0.05) is 5.21 Å². The molecule has 2 saturated carbocycles. The number of ether oxygens (including phenoxy) is 2. The van der Waals surface area contributed by atoms with Gasteiger partial charge in [-0.15, -0.1) is 5.10 Å². The Morgan fingerprint density at radius 1 is 1.37 bits per heavy atom. The number of nitrogens with zero attached hydrogens (tertiary/aromatic N) is 4. The third-order valence-corrected chi connectivity index (χ3v) is 5.65. The molecule has 2 aliphatic rings. The van der Waals surface area contributed by atoms with E-state index in [4.69, 9.17) is 9.47 Å². The van der Waals surface area contributed by atoms with E-state index in [1.165, 1.54) is 4.68 Å². The van der Waals surface area contributed by atoms with E-state index in [0.29, 0.717) is 35.4 Å². The highest BCUT2D eigenvalue weighted by atomic mass is 16.5. The van der Waals surface area contributed by atoms with Gasteiger partial charge in [0.05, 0.1) is 36.2 Å². The summed E-state index contributed by atoms with van der Waals surface area (Å²) in [6, 6.07) is 3.70. The summed E-state index contributed by atoms with van der Waals surface area (Å²) in [5.41, 5.74) is 2.58. The summed E-state index contributed by atoms with van der Waals surface area (Å²) >= 11 is 0. The second kappa shape index (κ2) is 6.92. The maximum atomic E-state index is 12.0. The molecule has 2 heterocycles. The van der Waals surface area contributed by atoms with Crippen LogP contribution in [0.2, 0.25) is 0 Å². The monoisotopic (exact) mass is 372 g/mol. The standard InChI is InChI=1S/C19H24N4O4/c1-4-26-19(25)17-11-5-7-15(16(11)17)27-14-8-6-12(20-10(14)2)18-13(9-24)23(3)22-21-18/h6,8,11,15-17,24H,4-5,7,9H2,1-3H3. The van der Waals surface area contributed by atoms with Gasteiger partial charge in [-0.2, -0.15) is 0 Å². The highest BCUT2D eigenvalue weighted by Crippen LogP contribution is 2.59. The number of carbonyl (C=O) groups is 1. The number of fused-ring (bicyclic) bond motifs is 1. The van der Waals surface area contributed by atoms with Crippen LogP contribution in [0.25, 0.3) is 11.4 Å². The molecule has 27 heavy (non-hydrogen) atoms. The molecule has 0 radical (unpaired) electrons. The average Bonchev–Trinajstić information content (AvgIpc) is 3.04. The Bertz CT molecular complexity index is 865. The predicted octanol–water partition coefficient (Wildman–Crippen LogP) is 1.64.